The van der Waals surface area contributed by atoms with Gasteiger partial charge in [0, 0.05) is 48.0 Å². The molecule has 3 rings (SSSR count). The minimum atomic E-state index is -3.72. The summed E-state index contributed by atoms with van der Waals surface area (Å²) < 4.78 is 27.7. The molecule has 0 spiro atoms. The number of halogens is 1. The molecule has 0 bridgehead atoms. The van der Waals surface area contributed by atoms with Crippen LogP contribution in [0.5, 0.6) is 0 Å². The molecule has 30 heavy (non-hydrogen) atoms. The number of nitrogens with one attached hydrogen (secondary N) is 1. The molecular weight excluding hydrogens is 435 g/mol. The van der Waals surface area contributed by atoms with Crippen molar-refractivity contribution in [3.05, 3.63) is 58.6 Å². The second kappa shape index (κ2) is 11.0. The number of para-hydroxylation sites is 1. The summed E-state index contributed by atoms with van der Waals surface area (Å²) in [6, 6.07) is 12.2. The molecule has 157 valence electrons. The number of anilines is 1. The first kappa shape index (κ1) is 25.2. The first-order valence-corrected chi connectivity index (χ1v) is 11.5. The fraction of sp³-hybridized carbons (Fsp3) is 0.381. The predicted molar refractivity (Wildman–Crippen MR) is 120 cm³/mol. The van der Waals surface area contributed by atoms with E-state index in [0.29, 0.717) is 29.2 Å². The van der Waals surface area contributed by atoms with Crippen molar-refractivity contribution >= 4 is 62.8 Å². The smallest absolute Gasteiger partial charge is 0.303 e. The number of fused-ring (bicyclic) bond motifs is 2. The van der Waals surface area contributed by atoms with Gasteiger partial charge < -0.3 is 10.4 Å². The maximum absolute atomic E-state index is 13.2. The van der Waals surface area contributed by atoms with Crippen LogP contribution in [0, 0.1) is 0 Å². The monoisotopic (exact) mass is 459 g/mol. The van der Waals surface area contributed by atoms with Crippen LogP contribution in [-0.2, 0) is 14.8 Å². The summed E-state index contributed by atoms with van der Waals surface area (Å²) in [6.07, 6.45) is 3.52. The summed E-state index contributed by atoms with van der Waals surface area (Å²) in [5.41, 5.74) is 2.21. The summed E-state index contributed by atoms with van der Waals surface area (Å²) in [7, 11) is -2.16. The summed E-state index contributed by atoms with van der Waals surface area (Å²) >= 11 is 6.12. The average Bonchev–Trinajstić information content (AvgIpc) is 2.75. The Hall–Kier alpha value is -1.09. The Morgan fingerprint density at radius 2 is 1.80 bits per heavy atom. The molecular formula is C21H25ClN2NaO4S. The number of unbranched alkanes of at least 4 members (excludes halogenated alkanes) is 3. The average molecular weight is 460 g/mol. The molecule has 2 aromatic carbocycles. The molecule has 1 radical (unpaired) electrons. The number of benzene rings is 2. The molecule has 6 nitrogen and oxygen atoms in total. The van der Waals surface area contributed by atoms with Crippen LogP contribution < -0.4 is 9.62 Å². The number of carboxylic acids is 1. The molecule has 1 atom stereocenters. The Labute approximate surface area is 205 Å². The van der Waals surface area contributed by atoms with Gasteiger partial charge >= 0.3 is 5.97 Å². The van der Waals surface area contributed by atoms with E-state index in [1.807, 2.05) is 18.2 Å². The maximum atomic E-state index is 13.2. The number of aliphatic carboxylic acids is 1. The quantitative estimate of drug-likeness (QED) is 0.463. The normalized spacial score (nSPS) is 16.7. The fourth-order valence-electron chi connectivity index (χ4n) is 3.65. The number of hydrogen-bond acceptors (Lipinski definition) is 4. The summed E-state index contributed by atoms with van der Waals surface area (Å²) in [4.78, 5) is 10.8. The van der Waals surface area contributed by atoms with Gasteiger partial charge in [0.1, 0.15) is 0 Å². The van der Waals surface area contributed by atoms with Gasteiger partial charge in [0.25, 0.3) is 10.0 Å². The van der Waals surface area contributed by atoms with E-state index in [4.69, 9.17) is 16.7 Å². The van der Waals surface area contributed by atoms with Gasteiger partial charge in [-0.1, -0.05) is 48.7 Å². The Kier molecular flexibility index (Phi) is 9.21. The number of hydrogen-bond donors (Lipinski definition) is 2. The third-order valence-electron chi connectivity index (χ3n) is 5.18. The van der Waals surface area contributed by atoms with Crippen LogP contribution in [0.25, 0.3) is 0 Å². The van der Waals surface area contributed by atoms with Crippen molar-refractivity contribution in [2.75, 3.05) is 17.9 Å². The minimum Gasteiger partial charge on any atom is -0.481 e. The van der Waals surface area contributed by atoms with E-state index in [2.05, 4.69) is 5.32 Å². The van der Waals surface area contributed by atoms with E-state index >= 15 is 0 Å². The molecule has 1 aliphatic rings. The van der Waals surface area contributed by atoms with E-state index < -0.39 is 16.0 Å². The Bertz CT molecular complexity index is 1000. The standard InChI is InChI=1S/C21H25ClN2O4S.Na/c1-24-18-9-6-5-8-16(18)21(23-13-7-3-2-4-10-20(25)26)17-12-11-15(22)14-19(17)29(24,27)28;/h5-6,8-9,11-12,14,21,23H,2-4,7,10,13H2,1H3,(H,25,26);. The molecule has 1 aliphatic heterocycles. The predicted octanol–water partition coefficient (Wildman–Crippen LogP) is 3.81. The van der Waals surface area contributed by atoms with E-state index in [0.717, 1.165) is 24.8 Å². The summed E-state index contributed by atoms with van der Waals surface area (Å²) in [5.74, 6) is -0.765. The Morgan fingerprint density at radius 1 is 1.10 bits per heavy atom. The molecule has 9 heteroatoms. The zero-order valence-corrected chi connectivity index (χ0v) is 20.8. The molecule has 0 aliphatic carbocycles. The number of rotatable bonds is 8. The van der Waals surface area contributed by atoms with Gasteiger partial charge in [-0.05, 0) is 48.7 Å². The van der Waals surface area contributed by atoms with Crippen LogP contribution >= 0.6 is 11.6 Å². The van der Waals surface area contributed by atoms with Crippen molar-refractivity contribution in [1.29, 1.82) is 0 Å². The van der Waals surface area contributed by atoms with Crippen molar-refractivity contribution < 1.29 is 18.3 Å². The SMILES string of the molecule is CN1c2ccccc2C(NCCCCCCC(=O)O)c2ccc(Cl)cc2S1(=O)=O.[Na]. The van der Waals surface area contributed by atoms with E-state index in [9.17, 15) is 13.2 Å². The third-order valence-corrected chi connectivity index (χ3v) is 7.24. The fourth-order valence-corrected chi connectivity index (χ4v) is 5.37. The van der Waals surface area contributed by atoms with Gasteiger partial charge in [0.15, 0.2) is 0 Å². The van der Waals surface area contributed by atoms with E-state index in [-0.39, 0.29) is 46.9 Å². The molecule has 1 heterocycles. The van der Waals surface area contributed by atoms with Gasteiger partial charge in [0.05, 0.1) is 16.6 Å². The first-order valence-electron chi connectivity index (χ1n) is 9.65. The van der Waals surface area contributed by atoms with Crippen molar-refractivity contribution in [2.45, 2.75) is 43.0 Å². The van der Waals surface area contributed by atoms with Crippen LogP contribution in [0.3, 0.4) is 0 Å². The van der Waals surface area contributed by atoms with Crippen LogP contribution in [-0.4, -0.2) is 62.6 Å². The molecule has 0 aromatic heterocycles. The van der Waals surface area contributed by atoms with Crippen LogP contribution in [0.2, 0.25) is 5.02 Å². The van der Waals surface area contributed by atoms with Gasteiger partial charge in [-0.2, -0.15) is 0 Å². The van der Waals surface area contributed by atoms with Gasteiger partial charge in [-0.3, -0.25) is 9.10 Å². The van der Waals surface area contributed by atoms with Gasteiger partial charge in [-0.15, -0.1) is 0 Å². The third kappa shape index (κ3) is 5.58. The zero-order chi connectivity index (χ0) is 21.0. The van der Waals surface area contributed by atoms with Crippen molar-refractivity contribution in [1.82, 2.24) is 5.32 Å². The molecule has 0 saturated heterocycles. The van der Waals surface area contributed by atoms with Crippen molar-refractivity contribution in [2.24, 2.45) is 0 Å². The molecule has 0 fully saturated rings. The van der Waals surface area contributed by atoms with Crippen molar-refractivity contribution in [3.8, 4) is 0 Å². The second-order valence-electron chi connectivity index (χ2n) is 7.16. The molecule has 0 amide bonds. The first-order chi connectivity index (χ1) is 13.8. The topological polar surface area (TPSA) is 86.7 Å². The van der Waals surface area contributed by atoms with Gasteiger partial charge in [0.2, 0.25) is 0 Å². The Balaban J connectivity index is 0.00000320. The molecule has 1 unspecified atom stereocenters. The summed E-state index contributed by atoms with van der Waals surface area (Å²) in [5, 5.41) is 12.6. The summed E-state index contributed by atoms with van der Waals surface area (Å²) in [6.45, 7) is 0.692. The second-order valence-corrected chi connectivity index (χ2v) is 9.53. The largest absolute Gasteiger partial charge is 0.481 e. The molecule has 0 saturated carbocycles. The van der Waals surface area contributed by atoms with Crippen LogP contribution in [0.1, 0.15) is 49.3 Å². The maximum Gasteiger partial charge on any atom is 0.303 e. The number of carbonyl (C=O) groups is 1. The number of carboxylic acid groups (broad SMARTS) is 1. The number of nitrogens with zero attached hydrogens (tertiary/aromatic N) is 1. The Morgan fingerprint density at radius 3 is 2.53 bits per heavy atom. The number of sulfonamides is 1. The molecule has 2 N–H and O–H groups in total. The minimum absolute atomic E-state index is 0. The van der Waals surface area contributed by atoms with Crippen LogP contribution in [0.15, 0.2) is 47.4 Å². The molecule has 2 aromatic rings. The zero-order valence-electron chi connectivity index (χ0n) is 17.3. The van der Waals surface area contributed by atoms with Gasteiger partial charge in [-0.25, -0.2) is 8.42 Å². The van der Waals surface area contributed by atoms with Crippen LogP contribution in [0.4, 0.5) is 5.69 Å². The van der Waals surface area contributed by atoms with E-state index in [1.165, 1.54) is 10.4 Å². The van der Waals surface area contributed by atoms with E-state index in [1.54, 1.807) is 25.2 Å². The van der Waals surface area contributed by atoms with Crippen molar-refractivity contribution in [3.63, 3.8) is 0 Å².